The topological polar surface area (TPSA) is 3.24 Å². The second-order valence-corrected chi connectivity index (χ2v) is 16.2. The van der Waals surface area contributed by atoms with Gasteiger partial charge < -0.3 is 4.90 Å². The van der Waals surface area contributed by atoms with Crippen molar-refractivity contribution >= 4 is 27.8 Å². The molecule has 0 amide bonds. The molecule has 1 heteroatoms. The van der Waals surface area contributed by atoms with Gasteiger partial charge in [0.15, 0.2) is 0 Å². The standard InChI is InChI=1S/C47H41N/c1-46(2)42-13-7-5-11-38(42)40-19-17-37(28-45(40)46)48(35-16-15-31-9-3-4-10-32(31)26-35)36-18-20-44-41(27-36)39-12-6-8-14-43(39)47(44)33-22-29-21-30(24-33)25-34(47)23-29/h3-20,26-30,33-34H,21-25H2,1-2H3. The summed E-state index contributed by atoms with van der Waals surface area (Å²) in [6.07, 6.45) is 7.15. The van der Waals surface area contributed by atoms with Gasteiger partial charge in [-0.05, 0) is 147 Å². The minimum Gasteiger partial charge on any atom is -0.310 e. The lowest BCUT2D eigenvalue weighted by molar-refractivity contribution is -0.0399. The summed E-state index contributed by atoms with van der Waals surface area (Å²) >= 11 is 0. The van der Waals surface area contributed by atoms with Gasteiger partial charge in [0.2, 0.25) is 0 Å². The largest absolute Gasteiger partial charge is 0.310 e. The lowest BCUT2D eigenvalue weighted by Gasteiger charge is -2.61. The Morgan fingerprint density at radius 2 is 0.979 bits per heavy atom. The number of benzene rings is 6. The van der Waals surface area contributed by atoms with Crippen LogP contribution >= 0.6 is 0 Å². The summed E-state index contributed by atoms with van der Waals surface area (Å²) < 4.78 is 0. The first-order valence-electron chi connectivity index (χ1n) is 18.3. The van der Waals surface area contributed by atoms with Crippen molar-refractivity contribution in [2.24, 2.45) is 23.7 Å². The van der Waals surface area contributed by atoms with Crippen molar-refractivity contribution in [3.63, 3.8) is 0 Å². The molecule has 6 aliphatic rings. The van der Waals surface area contributed by atoms with Gasteiger partial charge in [-0.3, -0.25) is 0 Å². The molecule has 4 saturated carbocycles. The van der Waals surface area contributed by atoms with Crippen molar-refractivity contribution in [3.8, 4) is 22.3 Å². The first-order chi connectivity index (χ1) is 23.5. The van der Waals surface area contributed by atoms with Crippen molar-refractivity contribution in [1.82, 2.24) is 0 Å². The highest BCUT2D eigenvalue weighted by Gasteiger charge is 2.61. The average Bonchev–Trinajstić information content (AvgIpc) is 3.53. The minimum atomic E-state index is -0.0558. The number of nitrogens with zero attached hydrogens (tertiary/aromatic N) is 1. The minimum absolute atomic E-state index is 0.0558. The van der Waals surface area contributed by atoms with Gasteiger partial charge in [-0.15, -0.1) is 0 Å². The van der Waals surface area contributed by atoms with Gasteiger partial charge in [0, 0.05) is 27.9 Å². The van der Waals surface area contributed by atoms with Crippen LogP contribution in [-0.4, -0.2) is 0 Å². The third-order valence-corrected chi connectivity index (χ3v) is 13.6. The molecule has 0 saturated heterocycles. The fourth-order valence-corrected chi connectivity index (χ4v) is 11.9. The van der Waals surface area contributed by atoms with Crippen molar-refractivity contribution < 1.29 is 0 Å². The van der Waals surface area contributed by atoms with E-state index >= 15 is 0 Å². The molecular weight excluding hydrogens is 579 g/mol. The third-order valence-electron chi connectivity index (χ3n) is 13.6. The van der Waals surface area contributed by atoms with E-state index in [2.05, 4.69) is 146 Å². The van der Waals surface area contributed by atoms with Crippen LogP contribution in [0.25, 0.3) is 33.0 Å². The highest BCUT2D eigenvalue weighted by atomic mass is 15.1. The van der Waals surface area contributed by atoms with Gasteiger partial charge in [-0.25, -0.2) is 0 Å². The molecule has 4 bridgehead atoms. The predicted octanol–water partition coefficient (Wildman–Crippen LogP) is 12.3. The summed E-state index contributed by atoms with van der Waals surface area (Å²) in [5.74, 6) is 3.46. The van der Waals surface area contributed by atoms with Crippen LogP contribution in [0.4, 0.5) is 17.1 Å². The lowest BCUT2D eigenvalue weighted by atomic mass is 9.43. The fraction of sp³-hybridized carbons (Fsp3) is 0.277. The molecule has 0 aromatic heterocycles. The highest BCUT2D eigenvalue weighted by molar-refractivity contribution is 5.92. The molecule has 0 N–H and O–H groups in total. The van der Waals surface area contributed by atoms with E-state index in [1.807, 2.05) is 0 Å². The van der Waals surface area contributed by atoms with Gasteiger partial charge in [-0.2, -0.15) is 0 Å². The maximum atomic E-state index is 2.56. The fourth-order valence-electron chi connectivity index (χ4n) is 11.9. The van der Waals surface area contributed by atoms with E-state index in [9.17, 15) is 0 Å². The Morgan fingerprint density at radius 3 is 1.75 bits per heavy atom. The Bertz CT molecular complexity index is 2280. The number of fused-ring (bicyclic) bond motifs is 7. The van der Waals surface area contributed by atoms with Gasteiger partial charge in [0.1, 0.15) is 0 Å². The molecule has 1 spiro atoms. The van der Waals surface area contributed by atoms with Crippen LogP contribution < -0.4 is 4.90 Å². The first-order valence-corrected chi connectivity index (χ1v) is 18.3. The molecule has 0 radical (unpaired) electrons. The molecule has 1 nitrogen and oxygen atoms in total. The Balaban J connectivity index is 1.12. The average molecular weight is 620 g/mol. The number of hydrogen-bond acceptors (Lipinski definition) is 1. The highest BCUT2D eigenvalue weighted by Crippen LogP contribution is 2.69. The Labute approximate surface area is 284 Å². The Morgan fingerprint density at radius 1 is 0.438 bits per heavy atom. The Kier molecular flexibility index (Phi) is 5.41. The van der Waals surface area contributed by atoms with Crippen LogP contribution in [0.1, 0.15) is 68.2 Å². The maximum absolute atomic E-state index is 2.56. The predicted molar refractivity (Wildman–Crippen MR) is 199 cm³/mol. The second-order valence-electron chi connectivity index (χ2n) is 16.2. The normalized spacial score (nSPS) is 26.4. The van der Waals surface area contributed by atoms with Crippen molar-refractivity contribution in [1.29, 1.82) is 0 Å². The van der Waals surface area contributed by atoms with E-state index in [-0.39, 0.29) is 10.8 Å². The summed E-state index contributed by atoms with van der Waals surface area (Å²) in [5.41, 5.74) is 15.6. The van der Waals surface area contributed by atoms with Crippen LogP contribution in [0.5, 0.6) is 0 Å². The molecule has 4 fully saturated rings. The summed E-state index contributed by atoms with van der Waals surface area (Å²) in [7, 11) is 0. The Hall–Kier alpha value is -4.62. The zero-order valence-electron chi connectivity index (χ0n) is 27.9. The molecule has 234 valence electrons. The maximum Gasteiger partial charge on any atom is 0.0468 e. The van der Waals surface area contributed by atoms with Gasteiger partial charge in [-0.1, -0.05) is 105 Å². The second kappa shape index (κ2) is 9.50. The molecule has 0 unspecified atom stereocenters. The van der Waals surface area contributed by atoms with Crippen LogP contribution in [0, 0.1) is 23.7 Å². The summed E-state index contributed by atoms with van der Waals surface area (Å²) in [6, 6.07) is 49.0. The summed E-state index contributed by atoms with van der Waals surface area (Å²) in [5, 5.41) is 2.55. The van der Waals surface area contributed by atoms with Gasteiger partial charge in [0.05, 0.1) is 0 Å². The van der Waals surface area contributed by atoms with E-state index in [1.54, 1.807) is 11.1 Å². The molecule has 6 aromatic carbocycles. The van der Waals surface area contributed by atoms with Crippen LogP contribution in [0.15, 0.2) is 127 Å². The first kappa shape index (κ1) is 27.3. The molecule has 6 aliphatic carbocycles. The third kappa shape index (κ3) is 3.47. The molecule has 12 rings (SSSR count). The van der Waals surface area contributed by atoms with E-state index in [0.29, 0.717) is 0 Å². The van der Waals surface area contributed by atoms with Gasteiger partial charge >= 0.3 is 0 Å². The van der Waals surface area contributed by atoms with Crippen LogP contribution in [0.3, 0.4) is 0 Å². The van der Waals surface area contributed by atoms with E-state index in [4.69, 9.17) is 0 Å². The lowest BCUT2D eigenvalue weighted by Crippen LogP contribution is -2.55. The number of anilines is 3. The zero-order valence-corrected chi connectivity index (χ0v) is 27.9. The van der Waals surface area contributed by atoms with E-state index < -0.39 is 0 Å². The molecule has 6 aromatic rings. The number of rotatable bonds is 3. The smallest absolute Gasteiger partial charge is 0.0468 e. The molecule has 0 heterocycles. The summed E-state index contributed by atoms with van der Waals surface area (Å²) in [4.78, 5) is 2.52. The summed E-state index contributed by atoms with van der Waals surface area (Å²) in [6.45, 7) is 4.77. The number of hydrogen-bond donors (Lipinski definition) is 0. The van der Waals surface area contributed by atoms with Crippen molar-refractivity contribution in [2.75, 3.05) is 4.90 Å². The van der Waals surface area contributed by atoms with E-state index in [1.165, 1.54) is 93.3 Å². The molecular formula is C47H41N. The SMILES string of the molecule is CC1(C)c2ccccc2-c2ccc(N(c3ccc4c(c3)-c3ccccc3C43C4CC5CC(C4)CC3C5)c3ccc4ccccc4c3)cc21. The van der Waals surface area contributed by atoms with Crippen molar-refractivity contribution in [2.45, 2.75) is 56.8 Å². The van der Waals surface area contributed by atoms with E-state index in [0.717, 1.165) is 23.7 Å². The molecule has 0 atom stereocenters. The molecule has 0 aliphatic heterocycles. The van der Waals surface area contributed by atoms with Gasteiger partial charge in [0.25, 0.3) is 0 Å². The zero-order chi connectivity index (χ0) is 31.8. The molecule has 48 heavy (non-hydrogen) atoms. The van der Waals surface area contributed by atoms with Crippen LogP contribution in [-0.2, 0) is 10.8 Å². The van der Waals surface area contributed by atoms with Crippen LogP contribution in [0.2, 0.25) is 0 Å². The quantitative estimate of drug-likeness (QED) is 0.190. The monoisotopic (exact) mass is 619 g/mol. The van der Waals surface area contributed by atoms with Crippen molar-refractivity contribution in [3.05, 3.63) is 150 Å².